The smallest absolute Gasteiger partial charge is 0.165 e. The van der Waals surface area contributed by atoms with Gasteiger partial charge in [0.1, 0.15) is 0 Å². The molecule has 1 rings (SSSR count). The van der Waals surface area contributed by atoms with Crippen molar-refractivity contribution in [2.45, 2.75) is 20.0 Å². The molecule has 3 heteroatoms. The van der Waals surface area contributed by atoms with E-state index in [4.69, 9.17) is 4.74 Å². The van der Waals surface area contributed by atoms with Gasteiger partial charge in [-0.3, -0.25) is 0 Å². The molecule has 0 spiro atoms. The molecule has 0 aliphatic heterocycles. The standard InChI is InChI=1S/C11H15FO2/c1-7(2)11(13)8-4-5-9(12)10(6-8)14-3/h4-7,11,13H,1-3H3. The highest BCUT2D eigenvalue weighted by atomic mass is 19.1. The van der Waals surface area contributed by atoms with Crippen molar-refractivity contribution in [1.82, 2.24) is 0 Å². The highest BCUT2D eigenvalue weighted by Gasteiger charge is 2.14. The van der Waals surface area contributed by atoms with Crippen molar-refractivity contribution in [2.75, 3.05) is 7.11 Å². The average Bonchev–Trinajstić information content (AvgIpc) is 2.17. The SMILES string of the molecule is COc1cc(C(O)C(C)C)ccc1F. The minimum atomic E-state index is -0.579. The topological polar surface area (TPSA) is 29.5 Å². The van der Waals surface area contributed by atoms with Gasteiger partial charge in [-0.15, -0.1) is 0 Å². The molecule has 0 aliphatic rings. The number of hydrogen-bond acceptors (Lipinski definition) is 2. The lowest BCUT2D eigenvalue weighted by molar-refractivity contribution is 0.126. The summed E-state index contributed by atoms with van der Waals surface area (Å²) in [4.78, 5) is 0. The highest BCUT2D eigenvalue weighted by molar-refractivity contribution is 5.31. The summed E-state index contributed by atoms with van der Waals surface area (Å²) in [5, 5.41) is 9.73. The van der Waals surface area contributed by atoms with E-state index in [0.29, 0.717) is 5.56 Å². The second kappa shape index (κ2) is 4.42. The number of methoxy groups -OCH3 is 1. The molecule has 1 aromatic carbocycles. The molecular formula is C11H15FO2. The van der Waals surface area contributed by atoms with Crippen LogP contribution in [0.3, 0.4) is 0 Å². The van der Waals surface area contributed by atoms with Gasteiger partial charge in [0.15, 0.2) is 11.6 Å². The predicted octanol–water partition coefficient (Wildman–Crippen LogP) is 2.52. The molecule has 14 heavy (non-hydrogen) atoms. The van der Waals surface area contributed by atoms with Gasteiger partial charge in [0, 0.05) is 0 Å². The molecule has 1 aromatic rings. The van der Waals surface area contributed by atoms with Crippen molar-refractivity contribution in [1.29, 1.82) is 0 Å². The predicted molar refractivity (Wildman–Crippen MR) is 52.7 cm³/mol. The number of aliphatic hydroxyl groups excluding tert-OH is 1. The maximum Gasteiger partial charge on any atom is 0.165 e. The molecule has 1 N–H and O–H groups in total. The third-order valence-corrected chi connectivity index (χ3v) is 2.15. The molecule has 0 saturated carbocycles. The molecule has 0 bridgehead atoms. The summed E-state index contributed by atoms with van der Waals surface area (Å²) in [5.74, 6) is -0.139. The van der Waals surface area contributed by atoms with Crippen molar-refractivity contribution in [2.24, 2.45) is 5.92 Å². The van der Waals surface area contributed by atoms with Crippen LogP contribution >= 0.6 is 0 Å². The molecule has 78 valence electrons. The second-order valence-electron chi connectivity index (χ2n) is 3.58. The van der Waals surface area contributed by atoms with E-state index in [-0.39, 0.29) is 11.7 Å². The summed E-state index contributed by atoms with van der Waals surface area (Å²) in [6.45, 7) is 3.81. The van der Waals surface area contributed by atoms with E-state index >= 15 is 0 Å². The molecule has 0 amide bonds. The number of aliphatic hydroxyl groups is 1. The summed E-state index contributed by atoms with van der Waals surface area (Å²) in [5.41, 5.74) is 0.679. The Morgan fingerprint density at radius 2 is 2.00 bits per heavy atom. The van der Waals surface area contributed by atoms with Gasteiger partial charge in [0.25, 0.3) is 0 Å². The third kappa shape index (κ3) is 2.23. The van der Waals surface area contributed by atoms with Crippen molar-refractivity contribution >= 4 is 0 Å². The minimum absolute atomic E-state index is 0.102. The average molecular weight is 198 g/mol. The largest absolute Gasteiger partial charge is 0.494 e. The molecule has 1 unspecified atom stereocenters. The van der Waals surface area contributed by atoms with E-state index in [1.165, 1.54) is 19.2 Å². The van der Waals surface area contributed by atoms with Gasteiger partial charge in [0.05, 0.1) is 13.2 Å². The highest BCUT2D eigenvalue weighted by Crippen LogP contribution is 2.26. The van der Waals surface area contributed by atoms with Crippen LogP contribution < -0.4 is 4.74 Å². The maximum atomic E-state index is 13.0. The zero-order valence-electron chi connectivity index (χ0n) is 8.62. The normalized spacial score (nSPS) is 13.0. The van der Waals surface area contributed by atoms with Gasteiger partial charge in [0.2, 0.25) is 0 Å². The number of ether oxygens (including phenoxy) is 1. The fourth-order valence-corrected chi connectivity index (χ4v) is 1.25. The van der Waals surface area contributed by atoms with Crippen molar-refractivity contribution in [3.8, 4) is 5.75 Å². The van der Waals surface area contributed by atoms with Gasteiger partial charge >= 0.3 is 0 Å². The lowest BCUT2D eigenvalue weighted by Crippen LogP contribution is -2.05. The Morgan fingerprint density at radius 3 is 2.50 bits per heavy atom. The fraction of sp³-hybridized carbons (Fsp3) is 0.455. The first-order valence-corrected chi connectivity index (χ1v) is 4.57. The molecule has 0 aromatic heterocycles. The van der Waals surface area contributed by atoms with Crippen LogP contribution in [0.15, 0.2) is 18.2 Å². The quantitative estimate of drug-likeness (QED) is 0.808. The van der Waals surface area contributed by atoms with E-state index in [0.717, 1.165) is 0 Å². The lowest BCUT2D eigenvalue weighted by atomic mass is 9.99. The summed E-state index contributed by atoms with van der Waals surface area (Å²) < 4.78 is 17.9. The van der Waals surface area contributed by atoms with Crippen LogP contribution in [0.25, 0.3) is 0 Å². The summed E-state index contributed by atoms with van der Waals surface area (Å²) in [7, 11) is 1.41. The first-order chi connectivity index (χ1) is 6.56. The Balaban J connectivity index is 3.00. The van der Waals surface area contributed by atoms with Crippen LogP contribution in [0.5, 0.6) is 5.75 Å². The van der Waals surface area contributed by atoms with E-state index in [1.54, 1.807) is 6.07 Å². The van der Waals surface area contributed by atoms with E-state index in [2.05, 4.69) is 0 Å². The molecule has 1 atom stereocenters. The molecule has 0 fully saturated rings. The number of halogens is 1. The number of benzene rings is 1. The maximum absolute atomic E-state index is 13.0. The molecule has 2 nitrogen and oxygen atoms in total. The number of hydrogen-bond donors (Lipinski definition) is 1. The first-order valence-electron chi connectivity index (χ1n) is 4.57. The molecule has 0 heterocycles. The van der Waals surface area contributed by atoms with E-state index in [9.17, 15) is 9.50 Å². The van der Waals surface area contributed by atoms with Crippen molar-refractivity contribution < 1.29 is 14.2 Å². The van der Waals surface area contributed by atoms with Crippen molar-refractivity contribution in [3.05, 3.63) is 29.6 Å². The Hall–Kier alpha value is -1.09. The van der Waals surface area contributed by atoms with E-state index < -0.39 is 11.9 Å². The van der Waals surface area contributed by atoms with Crippen LogP contribution in [0.2, 0.25) is 0 Å². The second-order valence-corrected chi connectivity index (χ2v) is 3.58. The summed E-state index contributed by atoms with van der Waals surface area (Å²) >= 11 is 0. The zero-order chi connectivity index (χ0) is 10.7. The monoisotopic (exact) mass is 198 g/mol. The summed E-state index contributed by atoms with van der Waals surface area (Å²) in [6.07, 6.45) is -0.579. The first kappa shape index (κ1) is 11.0. The summed E-state index contributed by atoms with van der Waals surface area (Å²) in [6, 6.07) is 4.41. The van der Waals surface area contributed by atoms with Crippen LogP contribution in [0.4, 0.5) is 4.39 Å². The third-order valence-electron chi connectivity index (χ3n) is 2.15. The van der Waals surface area contributed by atoms with E-state index in [1.807, 2.05) is 13.8 Å². The number of rotatable bonds is 3. The van der Waals surface area contributed by atoms with Gasteiger partial charge in [-0.1, -0.05) is 19.9 Å². The Labute approximate surface area is 83.3 Å². The van der Waals surface area contributed by atoms with Gasteiger partial charge < -0.3 is 9.84 Å². The molecule has 0 radical (unpaired) electrons. The minimum Gasteiger partial charge on any atom is -0.494 e. The van der Waals surface area contributed by atoms with Gasteiger partial charge in [-0.05, 0) is 23.6 Å². The van der Waals surface area contributed by atoms with Crippen LogP contribution in [-0.2, 0) is 0 Å². The molecule has 0 aliphatic carbocycles. The Bertz CT molecular complexity index is 310. The van der Waals surface area contributed by atoms with Crippen LogP contribution in [0.1, 0.15) is 25.5 Å². The fourth-order valence-electron chi connectivity index (χ4n) is 1.25. The molecular weight excluding hydrogens is 183 g/mol. The Morgan fingerprint density at radius 1 is 1.36 bits per heavy atom. The molecule has 0 saturated heterocycles. The van der Waals surface area contributed by atoms with Gasteiger partial charge in [-0.25, -0.2) is 4.39 Å². The van der Waals surface area contributed by atoms with Crippen LogP contribution in [0, 0.1) is 11.7 Å². The zero-order valence-corrected chi connectivity index (χ0v) is 8.62. The van der Waals surface area contributed by atoms with Crippen molar-refractivity contribution in [3.63, 3.8) is 0 Å². The lowest BCUT2D eigenvalue weighted by Gasteiger charge is -2.15. The Kier molecular flexibility index (Phi) is 3.47. The van der Waals surface area contributed by atoms with Gasteiger partial charge in [-0.2, -0.15) is 0 Å². The van der Waals surface area contributed by atoms with Crippen LogP contribution in [-0.4, -0.2) is 12.2 Å².